The molecule has 0 aliphatic rings. The second-order valence-electron chi connectivity index (χ2n) is 12.6. The Hall–Kier alpha value is -2.55. The van der Waals surface area contributed by atoms with Gasteiger partial charge in [-0.3, -0.25) is 0 Å². The van der Waals surface area contributed by atoms with Gasteiger partial charge in [0.1, 0.15) is 28.9 Å². The van der Waals surface area contributed by atoms with E-state index in [9.17, 15) is 9.59 Å². The van der Waals surface area contributed by atoms with Crippen LogP contribution in [0.4, 0.5) is 4.79 Å². The van der Waals surface area contributed by atoms with Gasteiger partial charge in [-0.05, 0) is 87.1 Å². The van der Waals surface area contributed by atoms with Crippen molar-refractivity contribution in [2.24, 2.45) is 0 Å². The minimum absolute atomic E-state index is 0.0520. The fourth-order valence-electron chi connectivity index (χ4n) is 3.58. The van der Waals surface area contributed by atoms with Gasteiger partial charge in [0.25, 0.3) is 0 Å². The van der Waals surface area contributed by atoms with Gasteiger partial charge in [-0.25, -0.2) is 4.79 Å². The largest absolute Gasteiger partial charge is 0.497 e. The van der Waals surface area contributed by atoms with E-state index >= 15 is 0 Å². The highest BCUT2D eigenvalue weighted by Gasteiger charge is 2.41. The van der Waals surface area contributed by atoms with Crippen molar-refractivity contribution >= 4 is 32.3 Å². The van der Waals surface area contributed by atoms with E-state index < -0.39 is 25.6 Å². The summed E-state index contributed by atoms with van der Waals surface area (Å²) >= 11 is 6.61. The van der Waals surface area contributed by atoms with E-state index in [0.29, 0.717) is 30.2 Å². The molecular formula is C31H46ClNO6Si. The van der Waals surface area contributed by atoms with Gasteiger partial charge in [-0.15, -0.1) is 0 Å². The number of ether oxygens (including phenoxy) is 3. The highest BCUT2D eigenvalue weighted by Crippen LogP contribution is 2.37. The topological polar surface area (TPSA) is 83.1 Å². The van der Waals surface area contributed by atoms with Crippen LogP contribution < -0.4 is 14.8 Å². The number of alkyl carbamates (subject to hydrolysis) is 1. The standard InChI is InChI=1S/C31H46ClNO6Si/c1-29(2,3)39-28(35)33-31(21-34,22-38-40(8,9)30(4,5)6)18-16-24-12-15-26(20-27(24)32)37-19-17-23-10-13-25(36-7)14-11-23/h10-15,20-21H,16-19,22H2,1-9H3,(H,33,35). The SMILES string of the molecule is COc1ccc(CCOc2ccc(CCC(C=O)(CO[Si](C)(C)C(C)(C)C)NC(=O)OC(C)(C)C)c(Cl)c2)cc1. The third-order valence-electron chi connectivity index (χ3n) is 7.16. The first-order valence-corrected chi connectivity index (χ1v) is 16.9. The highest BCUT2D eigenvalue weighted by atomic mass is 35.5. The van der Waals surface area contributed by atoms with E-state index in [0.717, 1.165) is 29.6 Å². The minimum Gasteiger partial charge on any atom is -0.497 e. The number of nitrogens with one attached hydrogen (secondary N) is 1. The van der Waals surface area contributed by atoms with Crippen LogP contribution in [0.2, 0.25) is 23.2 Å². The zero-order valence-electron chi connectivity index (χ0n) is 25.5. The number of aryl methyl sites for hydroxylation is 1. The molecule has 222 valence electrons. The fourth-order valence-corrected chi connectivity index (χ4v) is 4.90. The number of halogens is 1. The lowest BCUT2D eigenvalue weighted by Crippen LogP contribution is -2.57. The van der Waals surface area contributed by atoms with Gasteiger partial charge in [0.15, 0.2) is 8.32 Å². The summed E-state index contributed by atoms with van der Waals surface area (Å²) in [4.78, 5) is 25.3. The van der Waals surface area contributed by atoms with E-state index in [-0.39, 0.29) is 11.6 Å². The predicted octanol–water partition coefficient (Wildman–Crippen LogP) is 7.39. The summed E-state index contributed by atoms with van der Waals surface area (Å²) in [6, 6.07) is 13.4. The van der Waals surface area contributed by atoms with Crippen LogP contribution in [-0.2, 0) is 26.8 Å². The smallest absolute Gasteiger partial charge is 0.408 e. The number of carbonyl (C=O) groups excluding carboxylic acids is 2. The van der Waals surface area contributed by atoms with E-state index in [2.05, 4.69) is 39.2 Å². The van der Waals surface area contributed by atoms with Crippen LogP contribution in [0.5, 0.6) is 11.5 Å². The van der Waals surface area contributed by atoms with Crippen LogP contribution in [0.25, 0.3) is 0 Å². The molecule has 0 fully saturated rings. The number of hydrogen-bond donors (Lipinski definition) is 1. The maximum Gasteiger partial charge on any atom is 0.408 e. The summed E-state index contributed by atoms with van der Waals surface area (Å²) < 4.78 is 23.0. The molecule has 1 N–H and O–H groups in total. The molecule has 40 heavy (non-hydrogen) atoms. The van der Waals surface area contributed by atoms with Gasteiger partial charge < -0.3 is 28.7 Å². The molecule has 1 atom stereocenters. The summed E-state index contributed by atoms with van der Waals surface area (Å²) in [7, 11) is -0.554. The molecule has 0 radical (unpaired) electrons. The molecule has 0 saturated heterocycles. The Morgan fingerprint density at radius 2 is 1.60 bits per heavy atom. The molecule has 0 saturated carbocycles. The van der Waals surface area contributed by atoms with Crippen LogP contribution in [-0.4, -0.2) is 52.2 Å². The van der Waals surface area contributed by atoms with Crippen LogP contribution in [0.3, 0.4) is 0 Å². The first kappa shape index (κ1) is 33.7. The third kappa shape index (κ3) is 10.4. The second-order valence-corrected chi connectivity index (χ2v) is 17.9. The summed E-state index contributed by atoms with van der Waals surface area (Å²) in [5, 5.41) is 3.28. The monoisotopic (exact) mass is 591 g/mol. The van der Waals surface area contributed by atoms with Gasteiger partial charge in [0.05, 0.1) is 20.3 Å². The number of carbonyl (C=O) groups is 2. The number of amides is 1. The number of benzene rings is 2. The summed E-state index contributed by atoms with van der Waals surface area (Å²) in [5.41, 5.74) is 0.0140. The van der Waals surface area contributed by atoms with Gasteiger partial charge in [0, 0.05) is 11.4 Å². The van der Waals surface area contributed by atoms with Crippen molar-refractivity contribution < 1.29 is 28.2 Å². The predicted molar refractivity (Wildman–Crippen MR) is 163 cm³/mol. The highest BCUT2D eigenvalue weighted by molar-refractivity contribution is 6.74. The molecule has 7 nitrogen and oxygen atoms in total. The van der Waals surface area contributed by atoms with Crippen molar-refractivity contribution in [3.05, 3.63) is 58.6 Å². The molecule has 0 bridgehead atoms. The van der Waals surface area contributed by atoms with Gasteiger partial charge >= 0.3 is 6.09 Å². The number of methoxy groups -OCH3 is 1. The van der Waals surface area contributed by atoms with Crippen molar-refractivity contribution in [2.75, 3.05) is 20.3 Å². The van der Waals surface area contributed by atoms with Crippen molar-refractivity contribution in [2.45, 2.75) is 90.1 Å². The first-order chi connectivity index (χ1) is 18.5. The molecule has 0 aliphatic heterocycles. The minimum atomic E-state index is -2.20. The normalized spacial score (nSPS) is 13.8. The molecule has 2 rings (SSSR count). The zero-order chi connectivity index (χ0) is 30.2. The Morgan fingerprint density at radius 1 is 0.975 bits per heavy atom. The van der Waals surface area contributed by atoms with E-state index in [1.165, 1.54) is 0 Å². The summed E-state index contributed by atoms with van der Waals surface area (Å²) in [6.07, 6.45) is 1.58. The van der Waals surface area contributed by atoms with Crippen molar-refractivity contribution in [1.82, 2.24) is 5.32 Å². The molecular weight excluding hydrogens is 546 g/mol. The van der Waals surface area contributed by atoms with Gasteiger partial charge in [-0.2, -0.15) is 0 Å². The average molecular weight is 592 g/mol. The van der Waals surface area contributed by atoms with E-state index in [1.807, 2.05) is 36.4 Å². The molecule has 2 aromatic carbocycles. The molecule has 1 amide bonds. The first-order valence-electron chi connectivity index (χ1n) is 13.6. The van der Waals surface area contributed by atoms with Crippen LogP contribution in [0.15, 0.2) is 42.5 Å². The van der Waals surface area contributed by atoms with Crippen molar-refractivity contribution in [3.8, 4) is 11.5 Å². The number of hydrogen-bond acceptors (Lipinski definition) is 6. The Morgan fingerprint density at radius 3 is 2.12 bits per heavy atom. The molecule has 0 heterocycles. The second kappa shape index (κ2) is 13.9. The lowest BCUT2D eigenvalue weighted by Gasteiger charge is -2.40. The average Bonchev–Trinajstić information content (AvgIpc) is 2.85. The van der Waals surface area contributed by atoms with E-state index in [1.54, 1.807) is 33.9 Å². The maximum absolute atomic E-state index is 12.7. The Labute approximate surface area is 246 Å². The van der Waals surface area contributed by atoms with Crippen molar-refractivity contribution in [3.63, 3.8) is 0 Å². The Bertz CT molecular complexity index is 1120. The lowest BCUT2D eigenvalue weighted by molar-refractivity contribution is -0.115. The zero-order valence-corrected chi connectivity index (χ0v) is 27.2. The number of rotatable bonds is 13. The quantitative estimate of drug-likeness (QED) is 0.193. The Balaban J connectivity index is 2.11. The van der Waals surface area contributed by atoms with Gasteiger partial charge in [-0.1, -0.05) is 50.6 Å². The summed E-state index contributed by atoms with van der Waals surface area (Å²) in [5.74, 6) is 1.48. The molecule has 9 heteroatoms. The third-order valence-corrected chi connectivity index (χ3v) is 12.0. The van der Waals surface area contributed by atoms with Crippen LogP contribution >= 0.6 is 11.6 Å². The number of aldehydes is 1. The molecule has 0 spiro atoms. The molecule has 2 aromatic rings. The van der Waals surface area contributed by atoms with Crippen LogP contribution in [0, 0.1) is 0 Å². The Kier molecular flexibility index (Phi) is 11.7. The summed E-state index contributed by atoms with van der Waals surface area (Å²) in [6.45, 7) is 16.5. The van der Waals surface area contributed by atoms with Gasteiger partial charge in [0.2, 0.25) is 0 Å². The van der Waals surface area contributed by atoms with Crippen LogP contribution in [0.1, 0.15) is 59.1 Å². The molecule has 1 unspecified atom stereocenters. The molecule has 0 aliphatic carbocycles. The fraction of sp³-hybridized carbons (Fsp3) is 0.548. The lowest BCUT2D eigenvalue weighted by atomic mass is 9.93. The van der Waals surface area contributed by atoms with E-state index in [4.69, 9.17) is 30.2 Å². The molecule has 0 aromatic heterocycles. The maximum atomic E-state index is 12.7. The van der Waals surface area contributed by atoms with Crippen molar-refractivity contribution in [1.29, 1.82) is 0 Å².